The summed E-state index contributed by atoms with van der Waals surface area (Å²) >= 11 is 0. The van der Waals surface area contributed by atoms with Gasteiger partial charge in [-0.25, -0.2) is 9.48 Å². The third-order valence-corrected chi connectivity index (χ3v) is 2.91. The molecule has 1 aliphatic rings. The minimum Gasteiger partial charge on any atom is -0.316 e. The van der Waals surface area contributed by atoms with Crippen molar-refractivity contribution in [2.45, 2.75) is 32.7 Å². The second-order valence-electron chi connectivity index (χ2n) is 4.11. The molecule has 1 aromatic heterocycles. The molecule has 84 valence electrons. The topological polar surface area (TPSA) is 62.7 Å². The van der Waals surface area contributed by atoms with E-state index in [1.807, 2.05) is 6.92 Å². The van der Waals surface area contributed by atoms with Crippen molar-refractivity contribution in [3.8, 4) is 0 Å². The zero-order valence-electron chi connectivity index (χ0n) is 9.12. The number of aromatic amines is 1. The van der Waals surface area contributed by atoms with Crippen molar-refractivity contribution in [3.05, 3.63) is 16.3 Å². The largest absolute Gasteiger partial charge is 0.343 e. The van der Waals surface area contributed by atoms with Gasteiger partial charge in [-0.3, -0.25) is 4.98 Å². The van der Waals surface area contributed by atoms with Crippen LogP contribution in [0, 0.1) is 5.92 Å². The Morgan fingerprint density at radius 1 is 1.60 bits per heavy atom. The Hall–Kier alpha value is -1.10. The lowest BCUT2D eigenvalue weighted by molar-refractivity contribution is 0.370. The molecule has 0 radical (unpaired) electrons. The van der Waals surface area contributed by atoms with Gasteiger partial charge in [0.1, 0.15) is 5.82 Å². The Bertz CT molecular complexity index is 362. The van der Waals surface area contributed by atoms with Crippen LogP contribution >= 0.6 is 0 Å². The van der Waals surface area contributed by atoms with E-state index in [0.717, 1.165) is 25.3 Å². The number of H-pyrrole nitrogens is 1. The molecule has 2 rings (SSSR count). The van der Waals surface area contributed by atoms with Gasteiger partial charge in [-0.15, -0.1) is 0 Å². The van der Waals surface area contributed by atoms with Crippen LogP contribution in [-0.4, -0.2) is 27.9 Å². The lowest BCUT2D eigenvalue weighted by Crippen LogP contribution is -2.31. The molecule has 0 aliphatic carbocycles. The molecule has 15 heavy (non-hydrogen) atoms. The Labute approximate surface area is 88.9 Å². The molecule has 1 aliphatic heterocycles. The van der Waals surface area contributed by atoms with Gasteiger partial charge in [0.05, 0.1) is 0 Å². The number of aryl methyl sites for hydroxylation is 1. The standard InChI is InChI=1S/C10H18N4O/c1-2-14-10(15)12-9(13-14)6-8-4-3-5-11-7-8/h8,11H,2-7H2,1H3,(H,12,13,15). The predicted molar refractivity (Wildman–Crippen MR) is 57.8 cm³/mol. The highest BCUT2D eigenvalue weighted by Gasteiger charge is 2.15. The molecule has 0 aromatic carbocycles. The van der Waals surface area contributed by atoms with Crippen molar-refractivity contribution in [1.82, 2.24) is 20.1 Å². The van der Waals surface area contributed by atoms with Crippen LogP contribution in [0.5, 0.6) is 0 Å². The summed E-state index contributed by atoms with van der Waals surface area (Å²) in [5.74, 6) is 1.45. The zero-order chi connectivity index (χ0) is 10.7. The van der Waals surface area contributed by atoms with Gasteiger partial charge in [0.15, 0.2) is 0 Å². The number of hydrogen-bond acceptors (Lipinski definition) is 3. The average molecular weight is 210 g/mol. The molecule has 2 heterocycles. The highest BCUT2D eigenvalue weighted by molar-refractivity contribution is 4.87. The molecular formula is C10H18N4O. The lowest BCUT2D eigenvalue weighted by Gasteiger charge is -2.21. The molecule has 1 unspecified atom stereocenters. The normalized spacial score (nSPS) is 21.8. The van der Waals surface area contributed by atoms with Gasteiger partial charge in [-0.1, -0.05) is 0 Å². The van der Waals surface area contributed by atoms with Crippen LogP contribution in [0.3, 0.4) is 0 Å². The van der Waals surface area contributed by atoms with Crippen molar-refractivity contribution in [2.75, 3.05) is 13.1 Å². The van der Waals surface area contributed by atoms with Crippen molar-refractivity contribution < 1.29 is 0 Å². The monoisotopic (exact) mass is 210 g/mol. The smallest absolute Gasteiger partial charge is 0.316 e. The van der Waals surface area contributed by atoms with Crippen LogP contribution in [0.25, 0.3) is 0 Å². The molecular weight excluding hydrogens is 192 g/mol. The number of hydrogen-bond donors (Lipinski definition) is 2. The van der Waals surface area contributed by atoms with Crippen LogP contribution in [0.2, 0.25) is 0 Å². The summed E-state index contributed by atoms with van der Waals surface area (Å²) < 4.78 is 1.48. The van der Waals surface area contributed by atoms with Gasteiger partial charge in [-0.05, 0) is 38.8 Å². The van der Waals surface area contributed by atoms with Gasteiger partial charge in [0.2, 0.25) is 0 Å². The fourth-order valence-electron chi connectivity index (χ4n) is 2.08. The van der Waals surface area contributed by atoms with Crippen molar-refractivity contribution >= 4 is 0 Å². The second-order valence-corrected chi connectivity index (χ2v) is 4.11. The highest BCUT2D eigenvalue weighted by atomic mass is 16.1. The van der Waals surface area contributed by atoms with E-state index >= 15 is 0 Å². The van der Waals surface area contributed by atoms with Crippen molar-refractivity contribution in [2.24, 2.45) is 5.92 Å². The van der Waals surface area contributed by atoms with Crippen LogP contribution in [-0.2, 0) is 13.0 Å². The highest BCUT2D eigenvalue weighted by Crippen LogP contribution is 2.13. The van der Waals surface area contributed by atoms with E-state index in [1.54, 1.807) is 0 Å². The summed E-state index contributed by atoms with van der Waals surface area (Å²) in [6.07, 6.45) is 3.34. The van der Waals surface area contributed by atoms with E-state index in [0.29, 0.717) is 12.5 Å². The fraction of sp³-hybridized carbons (Fsp3) is 0.800. The van der Waals surface area contributed by atoms with Gasteiger partial charge >= 0.3 is 5.69 Å². The van der Waals surface area contributed by atoms with Gasteiger partial charge < -0.3 is 5.32 Å². The maximum Gasteiger partial charge on any atom is 0.343 e. The Morgan fingerprint density at radius 3 is 3.07 bits per heavy atom. The minimum absolute atomic E-state index is 0.0868. The molecule has 0 bridgehead atoms. The number of nitrogens with zero attached hydrogens (tertiary/aromatic N) is 2. The van der Waals surface area contributed by atoms with Gasteiger partial charge in [0, 0.05) is 13.0 Å². The minimum atomic E-state index is -0.0868. The molecule has 1 atom stereocenters. The molecule has 0 saturated carbocycles. The van der Waals surface area contributed by atoms with Gasteiger partial charge in [0.25, 0.3) is 0 Å². The molecule has 2 N–H and O–H groups in total. The first-order chi connectivity index (χ1) is 7.29. The summed E-state index contributed by atoms with van der Waals surface area (Å²) in [4.78, 5) is 14.2. The predicted octanol–water partition coefficient (Wildman–Crippen LogP) is 0.133. The average Bonchev–Trinajstić information content (AvgIpc) is 2.60. The first kappa shape index (κ1) is 10.4. The van der Waals surface area contributed by atoms with Gasteiger partial charge in [-0.2, -0.15) is 5.10 Å². The summed E-state index contributed by atoms with van der Waals surface area (Å²) in [5.41, 5.74) is -0.0868. The van der Waals surface area contributed by atoms with E-state index < -0.39 is 0 Å². The van der Waals surface area contributed by atoms with Crippen LogP contribution in [0.4, 0.5) is 0 Å². The van der Waals surface area contributed by atoms with E-state index in [4.69, 9.17) is 0 Å². The summed E-state index contributed by atoms with van der Waals surface area (Å²) in [6, 6.07) is 0. The molecule has 1 aromatic rings. The summed E-state index contributed by atoms with van der Waals surface area (Å²) in [6.45, 7) is 4.73. The maximum absolute atomic E-state index is 11.3. The zero-order valence-corrected chi connectivity index (χ0v) is 9.12. The number of piperidine rings is 1. The molecule has 5 nitrogen and oxygen atoms in total. The Morgan fingerprint density at radius 2 is 2.47 bits per heavy atom. The molecule has 0 spiro atoms. The quantitative estimate of drug-likeness (QED) is 0.745. The molecule has 0 amide bonds. The van der Waals surface area contributed by atoms with E-state index in [9.17, 15) is 4.79 Å². The second kappa shape index (κ2) is 4.61. The third kappa shape index (κ3) is 2.47. The van der Waals surface area contributed by atoms with E-state index in [-0.39, 0.29) is 5.69 Å². The third-order valence-electron chi connectivity index (χ3n) is 2.91. The molecule has 1 saturated heterocycles. The van der Waals surface area contributed by atoms with Crippen molar-refractivity contribution in [3.63, 3.8) is 0 Å². The SMILES string of the molecule is CCn1nc(CC2CCCNC2)[nH]c1=O. The number of nitrogens with one attached hydrogen (secondary N) is 2. The van der Waals surface area contributed by atoms with Crippen molar-refractivity contribution in [1.29, 1.82) is 0 Å². The molecule has 5 heteroatoms. The Balaban J connectivity index is 2.00. The maximum atomic E-state index is 11.3. The fourth-order valence-corrected chi connectivity index (χ4v) is 2.08. The van der Waals surface area contributed by atoms with E-state index in [1.165, 1.54) is 17.5 Å². The number of aromatic nitrogens is 3. The Kier molecular flexibility index (Phi) is 3.20. The first-order valence-electron chi connectivity index (χ1n) is 5.66. The van der Waals surface area contributed by atoms with Crippen LogP contribution < -0.4 is 11.0 Å². The van der Waals surface area contributed by atoms with Crippen LogP contribution in [0.15, 0.2) is 4.79 Å². The molecule has 1 fully saturated rings. The van der Waals surface area contributed by atoms with Crippen LogP contribution in [0.1, 0.15) is 25.6 Å². The van der Waals surface area contributed by atoms with E-state index in [2.05, 4.69) is 15.4 Å². The summed E-state index contributed by atoms with van der Waals surface area (Å²) in [5, 5.41) is 7.61. The summed E-state index contributed by atoms with van der Waals surface area (Å²) in [7, 11) is 0. The first-order valence-corrected chi connectivity index (χ1v) is 5.66. The number of rotatable bonds is 3. The lowest BCUT2D eigenvalue weighted by atomic mass is 9.96.